The molecule has 44 heavy (non-hydrogen) atoms. The molecule has 3 aliphatic heterocycles. The van der Waals surface area contributed by atoms with Crippen LogP contribution < -0.4 is 10.1 Å². The second-order valence-electron chi connectivity index (χ2n) is 11.4. The van der Waals surface area contributed by atoms with Crippen molar-refractivity contribution in [1.82, 2.24) is 20.1 Å². The summed E-state index contributed by atoms with van der Waals surface area (Å²) in [5.41, 5.74) is -5.23. The lowest BCUT2D eigenvalue weighted by molar-refractivity contribution is -0.152. The Morgan fingerprint density at radius 2 is 1.86 bits per heavy atom. The Labute approximate surface area is 255 Å². The van der Waals surface area contributed by atoms with Gasteiger partial charge in [-0.2, -0.15) is 8.78 Å². The Kier molecular flexibility index (Phi) is 8.20. The molecule has 3 N–H and O–H groups in total. The maximum Gasteiger partial charge on any atom is 0.399 e. The number of pyridine rings is 1. The molecule has 3 aromatic rings. The largest absolute Gasteiger partial charge is 0.485 e. The van der Waals surface area contributed by atoms with Crippen LogP contribution in [0.25, 0.3) is 10.1 Å². The zero-order valence-electron chi connectivity index (χ0n) is 23.5. The number of halogens is 2. The zero-order chi connectivity index (χ0) is 31.2. The van der Waals surface area contributed by atoms with E-state index in [-0.39, 0.29) is 34.2 Å². The molecular formula is C29H31F2N4O7PS. The van der Waals surface area contributed by atoms with Crippen LogP contribution in [0.1, 0.15) is 53.8 Å². The molecule has 15 heteroatoms. The average Bonchev–Trinajstić information content (AvgIpc) is 3.58. The number of likely N-dealkylation sites (tertiary alicyclic amines) is 1. The van der Waals surface area contributed by atoms with E-state index < -0.39 is 36.8 Å². The molecule has 3 amide bonds. The molecule has 3 aliphatic rings. The molecule has 0 radical (unpaired) electrons. The summed E-state index contributed by atoms with van der Waals surface area (Å²) in [6.45, 7) is 0.815. The highest BCUT2D eigenvalue weighted by atomic mass is 32.1. The average molecular weight is 649 g/mol. The van der Waals surface area contributed by atoms with Crippen molar-refractivity contribution >= 4 is 46.7 Å². The number of rotatable bonds is 7. The Morgan fingerprint density at radius 1 is 1.09 bits per heavy atom. The molecule has 6 rings (SSSR count). The molecule has 3 fully saturated rings. The van der Waals surface area contributed by atoms with Crippen LogP contribution in [0.15, 0.2) is 48.8 Å². The number of benzene rings is 1. The molecule has 234 valence electrons. The van der Waals surface area contributed by atoms with Crippen molar-refractivity contribution in [1.29, 1.82) is 0 Å². The first-order valence-electron chi connectivity index (χ1n) is 14.4. The number of carbonyl (C=O) groups excluding carboxylic acids is 3. The van der Waals surface area contributed by atoms with Crippen LogP contribution in [-0.4, -0.2) is 79.6 Å². The quantitative estimate of drug-likeness (QED) is 0.327. The van der Waals surface area contributed by atoms with Gasteiger partial charge in [0, 0.05) is 22.5 Å². The van der Waals surface area contributed by atoms with Crippen LogP contribution in [0.3, 0.4) is 0 Å². The van der Waals surface area contributed by atoms with Crippen molar-refractivity contribution in [2.75, 3.05) is 13.1 Å². The molecular weight excluding hydrogens is 617 g/mol. The maximum atomic E-state index is 14.2. The molecule has 0 aliphatic carbocycles. The first kappa shape index (κ1) is 30.6. The number of hydrogen-bond donors (Lipinski definition) is 3. The molecule has 0 spiro atoms. The van der Waals surface area contributed by atoms with Gasteiger partial charge >= 0.3 is 13.3 Å². The molecule has 0 bridgehead atoms. The molecule has 3 saturated heterocycles. The summed E-state index contributed by atoms with van der Waals surface area (Å²) in [6, 6.07) is 6.51. The zero-order valence-corrected chi connectivity index (χ0v) is 25.2. The fraction of sp³-hybridized carbons (Fsp3) is 0.448. The number of alkyl halides is 2. The van der Waals surface area contributed by atoms with Gasteiger partial charge in [-0.15, -0.1) is 11.3 Å². The van der Waals surface area contributed by atoms with Gasteiger partial charge < -0.3 is 29.6 Å². The number of carbonyl (C=O) groups is 3. The van der Waals surface area contributed by atoms with Crippen molar-refractivity contribution in [2.45, 2.75) is 68.4 Å². The van der Waals surface area contributed by atoms with E-state index in [1.54, 1.807) is 34.3 Å². The van der Waals surface area contributed by atoms with Gasteiger partial charge in [-0.25, -0.2) is 0 Å². The summed E-state index contributed by atoms with van der Waals surface area (Å²) in [5, 5.41) is 3.03. The second-order valence-corrected chi connectivity index (χ2v) is 14.2. The van der Waals surface area contributed by atoms with E-state index >= 15 is 0 Å². The Hall–Kier alpha value is -3.45. The highest BCUT2D eigenvalue weighted by Crippen LogP contribution is 2.59. The van der Waals surface area contributed by atoms with Crippen LogP contribution in [-0.2, 0) is 19.8 Å². The van der Waals surface area contributed by atoms with Gasteiger partial charge in [0.05, 0.1) is 24.2 Å². The van der Waals surface area contributed by atoms with Gasteiger partial charge in [0.2, 0.25) is 11.8 Å². The topological polar surface area (TPSA) is 149 Å². The van der Waals surface area contributed by atoms with Crippen molar-refractivity contribution in [3.63, 3.8) is 0 Å². The van der Waals surface area contributed by atoms with Crippen molar-refractivity contribution in [2.24, 2.45) is 0 Å². The van der Waals surface area contributed by atoms with Crippen molar-refractivity contribution in [3.05, 3.63) is 59.2 Å². The summed E-state index contributed by atoms with van der Waals surface area (Å²) in [6.07, 6.45) is 7.07. The molecule has 2 aromatic heterocycles. The summed E-state index contributed by atoms with van der Waals surface area (Å²) in [5.74, 6) is -0.386. The molecule has 0 saturated carbocycles. The summed E-state index contributed by atoms with van der Waals surface area (Å²) < 4.78 is 46.1. The Bertz CT molecular complexity index is 1630. The number of fused-ring (bicyclic) bond motifs is 2. The Balaban J connectivity index is 1.14. The normalized spacial score (nSPS) is 23.1. The third-order valence-corrected chi connectivity index (χ3v) is 10.6. The number of amides is 3. The monoisotopic (exact) mass is 648 g/mol. The first-order valence-corrected chi connectivity index (χ1v) is 16.8. The Morgan fingerprint density at radius 3 is 2.59 bits per heavy atom. The standard InChI is InChI=1S/C29H31F2N4O7PS/c30-29(31,43(39,40)41)18-7-10-24-17(12-18)13-25(44-24)26(36)33-22-6-2-1-4-19-8-9-23(35(19)27(22)37)28(38)34-15-21(16-34)42-20-5-3-11-32-14-20/h3,5,7,10-14,19,21-23H,1-2,4,6,8-9,15-16H2,(H,33,36)(H2,39,40,41)/t19-,22-,23-/m0/s1. The number of ether oxygens (including phenoxy) is 1. The van der Waals surface area contributed by atoms with Gasteiger partial charge in [-0.3, -0.25) is 23.9 Å². The van der Waals surface area contributed by atoms with Crippen LogP contribution in [0.2, 0.25) is 0 Å². The van der Waals surface area contributed by atoms with Crippen molar-refractivity contribution < 1.29 is 42.3 Å². The van der Waals surface area contributed by atoms with E-state index in [4.69, 9.17) is 14.5 Å². The highest BCUT2D eigenvalue weighted by Gasteiger charge is 2.50. The predicted molar refractivity (Wildman–Crippen MR) is 156 cm³/mol. The minimum atomic E-state index is -5.75. The van der Waals surface area contributed by atoms with Crippen molar-refractivity contribution in [3.8, 4) is 5.75 Å². The van der Waals surface area contributed by atoms with Crippen LogP contribution in [0, 0.1) is 0 Å². The third-order valence-electron chi connectivity index (χ3n) is 8.48. The highest BCUT2D eigenvalue weighted by molar-refractivity contribution is 7.52. The maximum absolute atomic E-state index is 14.2. The second kappa shape index (κ2) is 11.8. The predicted octanol–water partition coefficient (Wildman–Crippen LogP) is 3.85. The molecule has 5 heterocycles. The van der Waals surface area contributed by atoms with Gasteiger partial charge in [0.25, 0.3) is 5.91 Å². The summed E-state index contributed by atoms with van der Waals surface area (Å²) >= 11 is 1.02. The lowest BCUT2D eigenvalue weighted by Gasteiger charge is -2.42. The molecule has 11 nitrogen and oxygen atoms in total. The van der Waals surface area contributed by atoms with Gasteiger partial charge in [-0.05, 0) is 61.4 Å². The fourth-order valence-electron chi connectivity index (χ4n) is 6.16. The number of aromatic nitrogens is 1. The van der Waals surface area contributed by atoms with E-state index in [1.165, 1.54) is 12.1 Å². The molecule has 1 aromatic carbocycles. The summed E-state index contributed by atoms with van der Waals surface area (Å²) in [4.78, 5) is 66.4. The molecule has 0 unspecified atom stereocenters. The van der Waals surface area contributed by atoms with Crippen LogP contribution >= 0.6 is 18.9 Å². The van der Waals surface area contributed by atoms with Gasteiger partial charge in [0.1, 0.15) is 23.9 Å². The number of hydrogen-bond acceptors (Lipinski definition) is 7. The minimum absolute atomic E-state index is 0.0988. The number of nitrogens with one attached hydrogen (secondary N) is 1. The fourth-order valence-corrected chi connectivity index (χ4v) is 7.58. The number of nitrogens with zero attached hydrogens (tertiary/aromatic N) is 3. The smallest absolute Gasteiger partial charge is 0.399 e. The first-order chi connectivity index (χ1) is 20.9. The SMILES string of the molecule is O=C(N[C@H]1CCCC[C@H]2CC[C@@H](C(=O)N3CC(Oc4cccnc4)C3)N2C1=O)c1cc2cc(C(F)(F)P(=O)(O)O)ccc2s1. The van der Waals surface area contributed by atoms with E-state index in [9.17, 15) is 27.7 Å². The third kappa shape index (κ3) is 5.83. The van der Waals surface area contributed by atoms with Gasteiger partial charge in [-0.1, -0.05) is 18.9 Å². The lowest BCUT2D eigenvalue weighted by Crippen LogP contribution is -2.62. The van der Waals surface area contributed by atoms with Crippen LogP contribution in [0.4, 0.5) is 8.78 Å². The minimum Gasteiger partial charge on any atom is -0.485 e. The van der Waals surface area contributed by atoms with E-state index in [0.29, 0.717) is 49.2 Å². The van der Waals surface area contributed by atoms with E-state index in [0.717, 1.165) is 36.3 Å². The lowest BCUT2D eigenvalue weighted by atomic mass is 9.98. The van der Waals surface area contributed by atoms with E-state index in [1.807, 2.05) is 0 Å². The van der Waals surface area contributed by atoms with E-state index in [2.05, 4.69) is 10.3 Å². The van der Waals surface area contributed by atoms with Crippen LogP contribution in [0.5, 0.6) is 5.75 Å². The number of thiophene rings is 1. The summed E-state index contributed by atoms with van der Waals surface area (Å²) in [7, 11) is -5.75. The molecule has 3 atom stereocenters. The van der Waals surface area contributed by atoms with Gasteiger partial charge in [0.15, 0.2) is 0 Å².